The number of hydrogen-bond donors (Lipinski definition) is 4. The fourth-order valence-corrected chi connectivity index (χ4v) is 3.98. The first-order valence-electron chi connectivity index (χ1n) is 11.7. The molecule has 0 radical (unpaired) electrons. The summed E-state index contributed by atoms with van der Waals surface area (Å²) in [5.41, 5.74) is 6.29. The Bertz CT molecular complexity index is 1390. The molecular weight excluding hydrogens is 545 g/mol. The van der Waals surface area contributed by atoms with E-state index in [1.165, 1.54) is 31.5 Å². The number of ether oxygens (including phenoxy) is 2. The van der Waals surface area contributed by atoms with E-state index < -0.39 is 23.7 Å². The van der Waals surface area contributed by atoms with Gasteiger partial charge in [0.2, 0.25) is 5.91 Å². The number of carbonyl (C=O) groups excluding carboxylic acids is 3. The highest BCUT2D eigenvalue weighted by Crippen LogP contribution is 2.25. The topological polar surface area (TPSA) is 185 Å². The molecule has 3 aromatic rings. The number of carboxylic acids is 1. The highest BCUT2D eigenvalue weighted by Gasteiger charge is 2.19. The van der Waals surface area contributed by atoms with E-state index in [4.69, 9.17) is 25.8 Å². The fraction of sp³-hybridized carbons (Fsp3) is 0.231. The largest absolute Gasteiger partial charge is 0.481 e. The summed E-state index contributed by atoms with van der Waals surface area (Å²) in [4.78, 5) is 51.8. The van der Waals surface area contributed by atoms with E-state index in [0.29, 0.717) is 29.5 Å². The monoisotopic (exact) mass is 573 g/mol. The molecule has 0 aliphatic rings. The van der Waals surface area contributed by atoms with E-state index in [1.54, 1.807) is 18.2 Å². The molecule has 1 aromatic heterocycles. The van der Waals surface area contributed by atoms with Crippen molar-refractivity contribution < 1.29 is 38.1 Å². The number of hydrogen-bond acceptors (Lipinski definition) is 10. The minimum absolute atomic E-state index is 0.128. The lowest BCUT2D eigenvalue weighted by Gasteiger charge is -2.19. The molecule has 0 aliphatic heterocycles. The second kappa shape index (κ2) is 14.9. The molecule has 0 bridgehead atoms. The van der Waals surface area contributed by atoms with E-state index in [0.717, 1.165) is 24.3 Å². The molecule has 0 unspecified atom stereocenters. The lowest BCUT2D eigenvalue weighted by molar-refractivity contribution is -0.134. The zero-order valence-electron chi connectivity index (χ0n) is 21.9. The van der Waals surface area contributed by atoms with Gasteiger partial charge in [0, 0.05) is 37.7 Å². The average molecular weight is 574 g/mol. The smallest absolute Gasteiger partial charge is 0.355 e. The molecule has 2 aromatic carbocycles. The van der Waals surface area contributed by atoms with E-state index in [-0.39, 0.29) is 34.4 Å². The number of anilines is 2. The Hall–Kier alpha value is -4.85. The first-order valence-corrected chi connectivity index (χ1v) is 12.5. The molecule has 0 saturated heterocycles. The Kier molecular flexibility index (Phi) is 11.7. The molecule has 0 fully saturated rings. The maximum Gasteiger partial charge on any atom is 0.355 e. The second-order valence-electron chi connectivity index (χ2n) is 7.92. The van der Waals surface area contributed by atoms with Crippen molar-refractivity contribution in [2.24, 2.45) is 5.73 Å². The Balaban J connectivity index is 0.00000131. The molecule has 1 amide bonds. The third-order valence-corrected chi connectivity index (χ3v) is 6.01. The minimum Gasteiger partial charge on any atom is -0.481 e. The van der Waals surface area contributed by atoms with Crippen LogP contribution in [0.1, 0.15) is 45.9 Å². The van der Waals surface area contributed by atoms with Crippen molar-refractivity contribution in [3.05, 3.63) is 70.5 Å². The molecule has 0 spiro atoms. The Labute approximate surface area is 233 Å². The predicted octanol–water partition coefficient (Wildman–Crippen LogP) is 3.52. The molecule has 212 valence electrons. The van der Waals surface area contributed by atoms with Gasteiger partial charge in [-0.3, -0.25) is 15.0 Å². The van der Waals surface area contributed by atoms with E-state index in [9.17, 15) is 18.8 Å². The lowest BCUT2D eigenvalue weighted by atomic mass is 10.2. The quantitative estimate of drug-likeness (QED) is 0.121. The first kappa shape index (κ1) is 31.4. The number of nitrogen functional groups attached to an aromatic ring is 1. The van der Waals surface area contributed by atoms with Crippen molar-refractivity contribution in [3.63, 3.8) is 0 Å². The highest BCUT2D eigenvalue weighted by molar-refractivity contribution is 7.17. The van der Waals surface area contributed by atoms with Crippen molar-refractivity contribution in [2.45, 2.75) is 20.3 Å². The number of nitrogens with two attached hydrogens (primary N) is 1. The van der Waals surface area contributed by atoms with Crippen molar-refractivity contribution in [2.75, 3.05) is 30.4 Å². The normalized spacial score (nSPS) is 10.0. The van der Waals surface area contributed by atoms with Crippen LogP contribution >= 0.6 is 11.3 Å². The van der Waals surface area contributed by atoms with Crippen LogP contribution in [-0.2, 0) is 14.3 Å². The molecule has 0 aliphatic carbocycles. The number of carbonyl (C=O) groups is 4. The summed E-state index contributed by atoms with van der Waals surface area (Å²) >= 11 is 1.05. The molecule has 0 atom stereocenters. The predicted molar refractivity (Wildman–Crippen MR) is 147 cm³/mol. The van der Waals surface area contributed by atoms with Crippen LogP contribution in [0.2, 0.25) is 0 Å². The van der Waals surface area contributed by atoms with Crippen LogP contribution in [0.25, 0.3) is 0 Å². The number of aliphatic carboxylic acids is 1. The molecule has 12 nitrogen and oxygen atoms in total. The molecule has 40 heavy (non-hydrogen) atoms. The summed E-state index contributed by atoms with van der Waals surface area (Å²) in [5.74, 6) is -3.80. The number of benzene rings is 2. The first-order chi connectivity index (χ1) is 18.9. The van der Waals surface area contributed by atoms with E-state index >= 15 is 0 Å². The zero-order chi connectivity index (χ0) is 29.8. The standard InChI is InChI=1S/C24H24FN5O5S.C2H4O2/c1-3-30(10-9-20(31)29-16-6-4-5-15(11-16)22(32)34-2)24-28-13-19(36-24)23(33)35-18-8-7-14(21(26)27)12-17(18)25;1-2(3)4/h4-8,11-13H,3,9-10H2,1-2H3,(H3,26,27)(H,29,31);1H3,(H,3,4). The molecule has 3 rings (SSSR count). The van der Waals surface area contributed by atoms with Gasteiger partial charge in [-0.15, -0.1) is 0 Å². The second-order valence-corrected chi connectivity index (χ2v) is 8.93. The van der Waals surface area contributed by atoms with Crippen LogP contribution in [-0.4, -0.2) is 59.9 Å². The number of esters is 2. The number of thiazole rings is 1. The molecule has 14 heteroatoms. The van der Waals surface area contributed by atoms with Crippen molar-refractivity contribution in [3.8, 4) is 5.75 Å². The zero-order valence-corrected chi connectivity index (χ0v) is 22.7. The number of nitrogens with zero attached hydrogens (tertiary/aromatic N) is 2. The van der Waals surface area contributed by atoms with Gasteiger partial charge in [-0.05, 0) is 43.3 Å². The summed E-state index contributed by atoms with van der Waals surface area (Å²) < 4.78 is 24.0. The molecule has 0 saturated carbocycles. The summed E-state index contributed by atoms with van der Waals surface area (Å²) in [5, 5.41) is 18.0. The summed E-state index contributed by atoms with van der Waals surface area (Å²) in [6.07, 6.45) is 1.45. The van der Waals surface area contributed by atoms with Gasteiger partial charge in [-0.1, -0.05) is 17.4 Å². The van der Waals surface area contributed by atoms with Crippen molar-refractivity contribution in [1.82, 2.24) is 4.98 Å². The number of amidine groups is 1. The van der Waals surface area contributed by atoms with Gasteiger partial charge < -0.3 is 30.5 Å². The minimum atomic E-state index is -0.833. The highest BCUT2D eigenvalue weighted by atomic mass is 32.1. The summed E-state index contributed by atoms with van der Waals surface area (Å²) in [6, 6.07) is 10.0. The van der Waals surface area contributed by atoms with Gasteiger partial charge in [0.15, 0.2) is 16.7 Å². The van der Waals surface area contributed by atoms with Crippen LogP contribution < -0.4 is 20.7 Å². The van der Waals surface area contributed by atoms with Gasteiger partial charge in [-0.25, -0.2) is 19.0 Å². The van der Waals surface area contributed by atoms with Crippen molar-refractivity contribution in [1.29, 1.82) is 5.41 Å². The molecule has 5 N–H and O–H groups in total. The lowest BCUT2D eigenvalue weighted by Crippen LogP contribution is -2.27. The number of halogens is 1. The average Bonchev–Trinajstić information content (AvgIpc) is 3.39. The van der Waals surface area contributed by atoms with Crippen LogP contribution in [0.5, 0.6) is 5.75 Å². The van der Waals surface area contributed by atoms with Crippen molar-refractivity contribution >= 4 is 51.8 Å². The van der Waals surface area contributed by atoms with Gasteiger partial charge in [0.1, 0.15) is 10.7 Å². The molecular formula is C26H28FN5O7S. The third kappa shape index (κ3) is 9.47. The third-order valence-electron chi connectivity index (χ3n) is 4.97. The molecule has 1 heterocycles. The van der Waals surface area contributed by atoms with Crippen LogP contribution in [0, 0.1) is 11.2 Å². The SMILES string of the molecule is CC(=O)O.CCN(CCC(=O)Nc1cccc(C(=O)OC)c1)c1ncc(C(=O)Oc2ccc(C(=N)N)cc2F)s1. The summed E-state index contributed by atoms with van der Waals surface area (Å²) in [7, 11) is 1.28. The van der Waals surface area contributed by atoms with Gasteiger partial charge in [0.25, 0.3) is 5.97 Å². The fourth-order valence-electron chi connectivity index (χ4n) is 3.10. The maximum absolute atomic E-state index is 14.2. The van der Waals surface area contributed by atoms with Crippen LogP contribution in [0.3, 0.4) is 0 Å². The van der Waals surface area contributed by atoms with Crippen LogP contribution in [0.4, 0.5) is 15.2 Å². The van der Waals surface area contributed by atoms with Crippen LogP contribution in [0.15, 0.2) is 48.7 Å². The Morgan fingerprint density at radius 1 is 1.15 bits per heavy atom. The van der Waals surface area contributed by atoms with Gasteiger partial charge in [0.05, 0.1) is 18.9 Å². The number of aromatic nitrogens is 1. The maximum atomic E-state index is 14.2. The Morgan fingerprint density at radius 3 is 2.45 bits per heavy atom. The summed E-state index contributed by atoms with van der Waals surface area (Å²) in [6.45, 7) is 3.81. The number of rotatable bonds is 10. The van der Waals surface area contributed by atoms with Gasteiger partial charge >= 0.3 is 11.9 Å². The van der Waals surface area contributed by atoms with Gasteiger partial charge in [-0.2, -0.15) is 0 Å². The number of nitrogens with one attached hydrogen (secondary N) is 2. The number of methoxy groups -OCH3 is 1. The Morgan fingerprint density at radius 2 is 1.85 bits per heavy atom. The van der Waals surface area contributed by atoms with E-state index in [2.05, 4.69) is 15.0 Å². The number of amides is 1. The van der Waals surface area contributed by atoms with E-state index in [1.807, 2.05) is 11.8 Å². The number of carboxylic acid groups (broad SMARTS) is 1.